The van der Waals surface area contributed by atoms with E-state index in [0.29, 0.717) is 41.2 Å². The van der Waals surface area contributed by atoms with Crippen molar-refractivity contribution in [3.63, 3.8) is 0 Å². The minimum absolute atomic E-state index is 0.0508. The fourth-order valence-corrected chi connectivity index (χ4v) is 4.69. The van der Waals surface area contributed by atoms with Crippen molar-refractivity contribution in [1.82, 2.24) is 4.90 Å². The lowest BCUT2D eigenvalue weighted by molar-refractivity contribution is 0.0650. The van der Waals surface area contributed by atoms with Crippen LogP contribution in [0, 0.1) is 11.6 Å². The Morgan fingerprint density at radius 1 is 0.675 bits per heavy atom. The van der Waals surface area contributed by atoms with E-state index < -0.39 is 17.5 Å². The third-order valence-corrected chi connectivity index (χ3v) is 6.77. The summed E-state index contributed by atoms with van der Waals surface area (Å²) in [6, 6.07) is 24.3. The summed E-state index contributed by atoms with van der Waals surface area (Å²) < 4.78 is 28.4. The van der Waals surface area contributed by atoms with Gasteiger partial charge in [0.15, 0.2) is 5.78 Å². The van der Waals surface area contributed by atoms with Crippen molar-refractivity contribution in [3.8, 4) is 0 Å². The van der Waals surface area contributed by atoms with Crippen LogP contribution in [0.4, 0.5) is 14.5 Å². The molecular weight excluding hydrogens is 514 g/mol. The first kappa shape index (κ1) is 26.6. The number of benzene rings is 4. The zero-order valence-electron chi connectivity index (χ0n) is 21.3. The number of hydrogen-bond donors (Lipinski definition) is 0. The predicted octanol–water partition coefficient (Wildman–Crippen LogP) is 5.92. The number of unbranched alkanes of at least 4 members (excludes halogenated alkanes) is 1. The Bertz CT molecular complexity index is 1570. The second-order valence-corrected chi connectivity index (χ2v) is 9.34. The summed E-state index contributed by atoms with van der Waals surface area (Å²) in [5, 5.41) is 0. The summed E-state index contributed by atoms with van der Waals surface area (Å²) in [4.78, 5) is 53.8. The number of rotatable bonds is 9. The van der Waals surface area contributed by atoms with E-state index in [1.54, 1.807) is 48.5 Å². The standard InChI is InChI=1S/C32H24F2N2O4/c33-24-16-17-28(27(34)20-24)35(18-6-7-19-36-31(39)25-10-4-5-11-26(25)32(36)40)30(38)23-14-12-22(13-15-23)29(37)21-8-2-1-3-9-21/h1-5,8-17,20H,6-7,18-19H2. The lowest BCUT2D eigenvalue weighted by Crippen LogP contribution is -2.34. The predicted molar refractivity (Wildman–Crippen MR) is 145 cm³/mol. The van der Waals surface area contributed by atoms with E-state index in [0.717, 1.165) is 11.0 Å². The van der Waals surface area contributed by atoms with Crippen LogP contribution in [-0.2, 0) is 0 Å². The molecule has 0 saturated heterocycles. The number of carbonyl (C=O) groups excluding carboxylic acids is 4. The van der Waals surface area contributed by atoms with Crippen molar-refractivity contribution in [2.24, 2.45) is 0 Å². The fraction of sp³-hybridized carbons (Fsp3) is 0.125. The van der Waals surface area contributed by atoms with Crippen LogP contribution in [0.2, 0.25) is 0 Å². The van der Waals surface area contributed by atoms with Gasteiger partial charge in [0, 0.05) is 35.8 Å². The Hall–Kier alpha value is -4.98. The fourth-order valence-electron chi connectivity index (χ4n) is 4.69. The molecule has 1 aliphatic rings. The molecule has 1 heterocycles. The number of amides is 3. The number of imide groups is 1. The maximum Gasteiger partial charge on any atom is 0.261 e. The highest BCUT2D eigenvalue weighted by molar-refractivity contribution is 6.21. The second kappa shape index (κ2) is 11.4. The summed E-state index contributed by atoms with van der Waals surface area (Å²) >= 11 is 0. The third-order valence-electron chi connectivity index (χ3n) is 6.77. The molecule has 8 heteroatoms. The highest BCUT2D eigenvalue weighted by Crippen LogP contribution is 2.25. The van der Waals surface area contributed by atoms with Gasteiger partial charge in [0.05, 0.1) is 16.8 Å². The van der Waals surface area contributed by atoms with Gasteiger partial charge in [-0.2, -0.15) is 0 Å². The smallest absolute Gasteiger partial charge is 0.261 e. The Labute approximate surface area is 229 Å². The molecule has 0 spiro atoms. The van der Waals surface area contributed by atoms with E-state index in [1.807, 2.05) is 6.07 Å². The average Bonchev–Trinajstić information content (AvgIpc) is 3.22. The molecule has 0 radical (unpaired) electrons. The Morgan fingerprint density at radius 3 is 1.88 bits per heavy atom. The molecule has 0 aromatic heterocycles. The molecule has 0 N–H and O–H groups in total. The lowest BCUT2D eigenvalue weighted by atomic mass is 10.0. The first-order valence-corrected chi connectivity index (χ1v) is 12.8. The molecule has 0 unspecified atom stereocenters. The van der Waals surface area contributed by atoms with Crippen molar-refractivity contribution in [3.05, 3.63) is 137 Å². The van der Waals surface area contributed by atoms with Crippen LogP contribution >= 0.6 is 0 Å². The number of hydrogen-bond acceptors (Lipinski definition) is 4. The highest BCUT2D eigenvalue weighted by Gasteiger charge is 2.34. The summed E-state index contributed by atoms with van der Waals surface area (Å²) in [6.07, 6.45) is 0.698. The van der Waals surface area contributed by atoms with E-state index >= 15 is 0 Å². The van der Waals surface area contributed by atoms with Crippen LogP contribution in [0.15, 0.2) is 97.1 Å². The molecule has 4 aromatic carbocycles. The molecular formula is C32H24F2N2O4. The van der Waals surface area contributed by atoms with Gasteiger partial charge in [-0.15, -0.1) is 0 Å². The molecule has 5 rings (SSSR count). The summed E-state index contributed by atoms with van der Waals surface area (Å²) in [5.74, 6) is -3.15. The van der Waals surface area contributed by atoms with Gasteiger partial charge in [0.1, 0.15) is 11.6 Å². The van der Waals surface area contributed by atoms with E-state index in [-0.39, 0.29) is 41.9 Å². The van der Waals surface area contributed by atoms with E-state index in [1.165, 1.54) is 35.2 Å². The van der Waals surface area contributed by atoms with Gasteiger partial charge in [-0.05, 0) is 49.2 Å². The van der Waals surface area contributed by atoms with Crippen LogP contribution in [0.1, 0.15) is 59.8 Å². The zero-order chi connectivity index (χ0) is 28.2. The topological polar surface area (TPSA) is 74.8 Å². The van der Waals surface area contributed by atoms with Gasteiger partial charge in [0.25, 0.3) is 17.7 Å². The maximum absolute atomic E-state index is 14.8. The number of carbonyl (C=O) groups is 4. The molecule has 0 fully saturated rings. The van der Waals surface area contributed by atoms with E-state index in [9.17, 15) is 28.0 Å². The minimum Gasteiger partial charge on any atom is -0.306 e. The van der Waals surface area contributed by atoms with Gasteiger partial charge in [0.2, 0.25) is 0 Å². The molecule has 40 heavy (non-hydrogen) atoms. The van der Waals surface area contributed by atoms with Gasteiger partial charge in [-0.3, -0.25) is 24.1 Å². The Morgan fingerprint density at radius 2 is 1.25 bits per heavy atom. The zero-order valence-corrected chi connectivity index (χ0v) is 21.3. The number of ketones is 1. The first-order valence-electron chi connectivity index (χ1n) is 12.8. The quantitative estimate of drug-likeness (QED) is 0.151. The van der Waals surface area contributed by atoms with Gasteiger partial charge in [-0.25, -0.2) is 8.78 Å². The molecule has 3 amide bonds. The summed E-state index contributed by atoms with van der Waals surface area (Å²) in [7, 11) is 0. The normalized spacial score (nSPS) is 12.4. The lowest BCUT2D eigenvalue weighted by Gasteiger charge is -2.24. The van der Waals surface area contributed by atoms with E-state index in [2.05, 4.69) is 0 Å². The monoisotopic (exact) mass is 538 g/mol. The second-order valence-electron chi connectivity index (χ2n) is 9.34. The molecule has 4 aromatic rings. The average molecular weight is 539 g/mol. The number of halogens is 2. The van der Waals surface area contributed by atoms with Crippen LogP contribution < -0.4 is 4.90 Å². The molecule has 0 atom stereocenters. The molecule has 200 valence electrons. The van der Waals surface area contributed by atoms with Crippen LogP contribution in [0.25, 0.3) is 0 Å². The SMILES string of the molecule is O=C(c1ccccc1)c1ccc(C(=O)N(CCCCN2C(=O)c3ccccc3C2=O)c2ccc(F)cc2F)cc1. The van der Waals surface area contributed by atoms with Crippen LogP contribution in [-0.4, -0.2) is 41.5 Å². The molecule has 0 aliphatic carbocycles. The summed E-state index contributed by atoms with van der Waals surface area (Å²) in [6.45, 7) is 0.186. The molecule has 0 bridgehead atoms. The molecule has 0 saturated carbocycles. The first-order chi connectivity index (χ1) is 19.3. The van der Waals surface area contributed by atoms with Crippen molar-refractivity contribution >= 4 is 29.2 Å². The summed E-state index contributed by atoms with van der Waals surface area (Å²) in [5.41, 5.74) is 1.72. The maximum atomic E-state index is 14.8. The van der Waals surface area contributed by atoms with Crippen molar-refractivity contribution in [1.29, 1.82) is 0 Å². The van der Waals surface area contributed by atoms with Crippen molar-refractivity contribution < 1.29 is 28.0 Å². The number of nitrogens with zero attached hydrogens (tertiary/aromatic N) is 2. The molecule has 6 nitrogen and oxygen atoms in total. The van der Waals surface area contributed by atoms with Crippen LogP contribution in [0.3, 0.4) is 0 Å². The van der Waals surface area contributed by atoms with E-state index in [4.69, 9.17) is 0 Å². The van der Waals surface area contributed by atoms with Gasteiger partial charge < -0.3 is 4.90 Å². The van der Waals surface area contributed by atoms with Crippen molar-refractivity contribution in [2.45, 2.75) is 12.8 Å². The highest BCUT2D eigenvalue weighted by atomic mass is 19.1. The minimum atomic E-state index is -0.899. The Kier molecular flexibility index (Phi) is 7.59. The Balaban J connectivity index is 1.30. The van der Waals surface area contributed by atoms with Crippen molar-refractivity contribution in [2.75, 3.05) is 18.0 Å². The number of fused-ring (bicyclic) bond motifs is 1. The third kappa shape index (κ3) is 5.29. The van der Waals surface area contributed by atoms with Gasteiger partial charge >= 0.3 is 0 Å². The van der Waals surface area contributed by atoms with Gasteiger partial charge in [-0.1, -0.05) is 54.6 Å². The largest absolute Gasteiger partial charge is 0.306 e. The number of anilines is 1. The van der Waals surface area contributed by atoms with Crippen LogP contribution in [0.5, 0.6) is 0 Å². The molecule has 1 aliphatic heterocycles.